The largest absolute Gasteiger partial charge is 0.454 e. The van der Waals surface area contributed by atoms with Gasteiger partial charge in [0, 0.05) is 74.4 Å². The fraction of sp³-hybridized carbons (Fsp3) is 0.0159. The Labute approximate surface area is 407 Å². The van der Waals surface area contributed by atoms with Crippen molar-refractivity contribution in [1.29, 1.82) is 5.26 Å². The molecule has 7 heteroatoms. The Bertz CT molecular complexity index is 4650. The van der Waals surface area contributed by atoms with E-state index in [1.165, 1.54) is 30.9 Å². The molecule has 0 fully saturated rings. The van der Waals surface area contributed by atoms with Gasteiger partial charge in [-0.1, -0.05) is 158 Å². The number of aryl methyl sites for hydroxylation is 1. The first-order chi connectivity index (χ1) is 34.6. The van der Waals surface area contributed by atoms with Crippen molar-refractivity contribution in [2.24, 2.45) is 0 Å². The van der Waals surface area contributed by atoms with Gasteiger partial charge in [-0.25, -0.2) is 4.85 Å². The monoisotopic (exact) mass is 926 g/mol. The Balaban J connectivity index is 1.24. The van der Waals surface area contributed by atoms with Gasteiger partial charge in [-0.3, -0.25) is 0 Å². The van der Waals surface area contributed by atoms with E-state index in [1.807, 2.05) is 54.6 Å². The minimum Gasteiger partial charge on any atom is -0.454 e. The van der Waals surface area contributed by atoms with Gasteiger partial charge in [-0.05, 0) is 53.9 Å². The van der Waals surface area contributed by atoms with Crippen molar-refractivity contribution in [3.05, 3.63) is 211 Å². The fourth-order valence-electron chi connectivity index (χ4n) is 11.6. The minimum atomic E-state index is 0.381. The maximum absolute atomic E-state index is 12.2. The quantitative estimate of drug-likeness (QED) is 0.165. The van der Waals surface area contributed by atoms with E-state index in [-0.39, 0.29) is 0 Å². The number of rotatable bonds is 4. The Hall–Kier alpha value is -8.98. The van der Waals surface area contributed by atoms with E-state index < -0.39 is 0 Å². The number of benzene rings is 10. The van der Waals surface area contributed by atoms with Crippen molar-refractivity contribution in [1.82, 2.24) is 9.13 Å². The lowest BCUT2D eigenvalue weighted by Gasteiger charge is -2.25. The van der Waals surface area contributed by atoms with Gasteiger partial charge in [-0.2, -0.15) is 5.26 Å². The highest BCUT2D eigenvalue weighted by Gasteiger charge is 2.33. The highest BCUT2D eigenvalue weighted by molar-refractivity contribution is 7.27. The molecule has 0 bridgehead atoms. The van der Waals surface area contributed by atoms with Gasteiger partial charge in [0.15, 0.2) is 5.58 Å². The topological polar surface area (TPSA) is 51.1 Å². The molecule has 0 unspecified atom stereocenters. The second kappa shape index (κ2) is 14.5. The van der Waals surface area contributed by atoms with Crippen LogP contribution in [0.4, 0.5) is 5.69 Å². The molecule has 0 saturated heterocycles. The Kier molecular flexibility index (Phi) is 8.10. The lowest BCUT2D eigenvalue weighted by atomic mass is 9.88. The number of fused-ring (bicyclic) bond motifs is 18. The van der Waals surface area contributed by atoms with Crippen molar-refractivity contribution >= 4 is 134 Å². The maximum Gasteiger partial charge on any atom is 0.221 e. The summed E-state index contributed by atoms with van der Waals surface area (Å²) in [6.45, 7) is 11.7. The van der Waals surface area contributed by atoms with Crippen LogP contribution in [0.5, 0.6) is 0 Å². The van der Waals surface area contributed by atoms with Gasteiger partial charge in [0.1, 0.15) is 11.7 Å². The first-order valence-electron chi connectivity index (χ1n) is 23.3. The van der Waals surface area contributed by atoms with Crippen LogP contribution in [0.25, 0.3) is 144 Å². The lowest BCUT2D eigenvalue weighted by molar-refractivity contribution is 0.671. The van der Waals surface area contributed by atoms with Crippen molar-refractivity contribution in [3.8, 4) is 39.7 Å². The molecule has 0 aliphatic rings. The first kappa shape index (κ1) is 39.1. The van der Waals surface area contributed by atoms with Crippen LogP contribution in [-0.2, 0) is 0 Å². The van der Waals surface area contributed by atoms with E-state index in [4.69, 9.17) is 4.42 Å². The van der Waals surface area contributed by atoms with E-state index in [9.17, 15) is 11.8 Å². The molecule has 0 atom stereocenters. The number of nitriles is 1. The zero-order valence-electron chi connectivity index (χ0n) is 37.4. The average Bonchev–Trinajstić information content (AvgIpc) is 4.23. The molecule has 5 nitrogen and oxygen atoms in total. The standard InChI is InChI=1S/C63H34N4OS2/c1-35-16-15-25-49-52(35)46-33-30-41-38-21-9-12-24-48(38)66(57(41)61(46)68-49)56-47(34-64)53(36-17-5-3-6-18-36)60(54(55(56)65-2)37-19-7-4-8-20-37)67-58-42(28-31-44-39-22-10-13-26-50(39)69-62(44)58)43-29-32-45-40-23-11-14-27-51(40)70-63(45)59(43)67/h3-33H,1H3. The Morgan fingerprint density at radius 1 is 0.486 bits per heavy atom. The number of aromatic nitrogens is 2. The van der Waals surface area contributed by atoms with E-state index in [0.717, 1.165) is 103 Å². The summed E-state index contributed by atoms with van der Waals surface area (Å²) in [5.74, 6) is 0. The predicted octanol–water partition coefficient (Wildman–Crippen LogP) is 18.6. The van der Waals surface area contributed by atoms with Crippen molar-refractivity contribution in [2.75, 3.05) is 0 Å². The molecule has 0 N–H and O–H groups in total. The average molecular weight is 927 g/mol. The summed E-state index contributed by atoms with van der Waals surface area (Å²) in [5, 5.41) is 23.2. The number of hydrogen-bond donors (Lipinski definition) is 0. The summed E-state index contributed by atoms with van der Waals surface area (Å²) in [5.41, 5.74) is 11.8. The molecular formula is C63H34N4OS2. The summed E-state index contributed by atoms with van der Waals surface area (Å²) >= 11 is 3.60. The van der Waals surface area contributed by atoms with Crippen molar-refractivity contribution in [3.63, 3.8) is 0 Å². The highest BCUT2D eigenvalue weighted by Crippen LogP contribution is 2.55. The highest BCUT2D eigenvalue weighted by atomic mass is 32.1. The summed E-state index contributed by atoms with van der Waals surface area (Å²) in [4.78, 5) is 4.66. The third-order valence-electron chi connectivity index (χ3n) is 14.5. The smallest absolute Gasteiger partial charge is 0.221 e. The molecule has 0 saturated carbocycles. The van der Waals surface area contributed by atoms with Crippen molar-refractivity contribution < 1.29 is 4.42 Å². The van der Waals surface area contributed by atoms with Crippen molar-refractivity contribution in [2.45, 2.75) is 6.92 Å². The minimum absolute atomic E-state index is 0.381. The van der Waals surface area contributed by atoms with Crippen LogP contribution in [0, 0.1) is 24.8 Å². The molecule has 10 aromatic carbocycles. The van der Waals surface area contributed by atoms with E-state index in [2.05, 4.69) is 160 Å². The second-order valence-electron chi connectivity index (χ2n) is 18.1. The van der Waals surface area contributed by atoms with Crippen LogP contribution in [0.1, 0.15) is 11.1 Å². The Morgan fingerprint density at radius 3 is 1.63 bits per heavy atom. The molecule has 15 rings (SSSR count). The van der Waals surface area contributed by atoms with E-state index in [1.54, 1.807) is 22.7 Å². The predicted molar refractivity (Wildman–Crippen MR) is 295 cm³/mol. The number of furan rings is 1. The SMILES string of the molecule is [C-]#[N+]c1c(-c2ccccc2)c(-n2c3c(ccc4c5ccccc5sc43)c3ccc4c5ccccc5sc4c32)c(-c2ccccc2)c(C#N)c1-n1c2ccccc2c2ccc3c(oc4cccc(C)c43)c21. The maximum atomic E-state index is 12.2. The first-order valence-corrected chi connectivity index (χ1v) is 24.9. The number of para-hydroxylation sites is 1. The van der Waals surface area contributed by atoms with Crippen LogP contribution in [0.2, 0.25) is 0 Å². The molecule has 0 aliphatic carbocycles. The van der Waals surface area contributed by atoms with Gasteiger partial charge in [-0.15, -0.1) is 22.7 Å². The van der Waals surface area contributed by atoms with E-state index >= 15 is 0 Å². The van der Waals surface area contributed by atoms with Gasteiger partial charge >= 0.3 is 0 Å². The molecule has 0 aliphatic heterocycles. The second-order valence-corrected chi connectivity index (χ2v) is 20.2. The molecule has 0 spiro atoms. The number of nitrogens with zero attached hydrogens (tertiary/aromatic N) is 4. The number of thiophene rings is 2. The molecule has 70 heavy (non-hydrogen) atoms. The van der Waals surface area contributed by atoms with Gasteiger partial charge < -0.3 is 13.6 Å². The Morgan fingerprint density at radius 2 is 1.01 bits per heavy atom. The van der Waals surface area contributed by atoms with Crippen LogP contribution in [0.15, 0.2) is 192 Å². The third-order valence-corrected chi connectivity index (χ3v) is 16.9. The third kappa shape index (κ3) is 5.12. The summed E-state index contributed by atoms with van der Waals surface area (Å²) in [6, 6.07) is 68.8. The molecule has 5 heterocycles. The fourth-order valence-corrected chi connectivity index (χ4v) is 14.1. The zero-order valence-corrected chi connectivity index (χ0v) is 39.0. The van der Waals surface area contributed by atoms with Crippen LogP contribution >= 0.6 is 22.7 Å². The lowest BCUT2D eigenvalue weighted by Crippen LogP contribution is -2.08. The van der Waals surface area contributed by atoms with Gasteiger partial charge in [0.2, 0.25) is 5.69 Å². The van der Waals surface area contributed by atoms with Gasteiger partial charge in [0.25, 0.3) is 0 Å². The normalized spacial score (nSPS) is 12.0. The molecule has 15 aromatic rings. The van der Waals surface area contributed by atoms with Crippen LogP contribution in [0.3, 0.4) is 0 Å². The van der Waals surface area contributed by atoms with Gasteiger partial charge in [0.05, 0.1) is 55.0 Å². The molecule has 5 aromatic heterocycles. The zero-order chi connectivity index (χ0) is 46.4. The van der Waals surface area contributed by atoms with Crippen LogP contribution in [-0.4, -0.2) is 9.13 Å². The molecule has 0 amide bonds. The summed E-state index contributed by atoms with van der Waals surface area (Å²) in [7, 11) is 0. The molecular weight excluding hydrogens is 893 g/mol. The number of hydrogen-bond acceptors (Lipinski definition) is 4. The van der Waals surface area contributed by atoms with E-state index in [0.29, 0.717) is 22.5 Å². The summed E-state index contributed by atoms with van der Waals surface area (Å²) < 4.78 is 16.3. The molecule has 0 radical (unpaired) electrons. The summed E-state index contributed by atoms with van der Waals surface area (Å²) in [6.07, 6.45) is 0. The molecule has 324 valence electrons. The van der Waals surface area contributed by atoms with Crippen LogP contribution < -0.4 is 0 Å².